The van der Waals surface area contributed by atoms with E-state index in [-0.39, 0.29) is 23.8 Å². The Morgan fingerprint density at radius 3 is 2.15 bits per heavy atom. The number of anilines is 1. The predicted molar refractivity (Wildman–Crippen MR) is 163 cm³/mol. The van der Waals surface area contributed by atoms with E-state index in [1.807, 2.05) is 20.8 Å². The highest BCUT2D eigenvalue weighted by Crippen LogP contribution is 2.27. The minimum atomic E-state index is -4.19. The van der Waals surface area contributed by atoms with Crippen molar-refractivity contribution in [2.75, 3.05) is 18.0 Å². The van der Waals surface area contributed by atoms with Gasteiger partial charge in [-0.3, -0.25) is 13.9 Å². The van der Waals surface area contributed by atoms with Gasteiger partial charge in [0.05, 0.1) is 17.7 Å². The highest BCUT2D eigenvalue weighted by Gasteiger charge is 2.34. The first-order valence-electron chi connectivity index (χ1n) is 13.0. The molecule has 3 aromatic carbocycles. The van der Waals surface area contributed by atoms with Crippen LogP contribution in [-0.2, 0) is 26.2 Å². The summed E-state index contributed by atoms with van der Waals surface area (Å²) in [6.07, 6.45) is 0.287. The van der Waals surface area contributed by atoms with E-state index >= 15 is 0 Å². The Morgan fingerprint density at radius 1 is 0.976 bits per heavy atom. The van der Waals surface area contributed by atoms with Gasteiger partial charge in [-0.2, -0.15) is 0 Å². The number of carbonyl (C=O) groups excluding carboxylic acids is 2. The molecule has 0 aliphatic heterocycles. The molecule has 0 saturated heterocycles. The molecule has 1 atom stereocenters. The quantitative estimate of drug-likeness (QED) is 0.287. The lowest BCUT2D eigenvalue weighted by molar-refractivity contribution is -0.141. The second-order valence-corrected chi connectivity index (χ2v) is 13.1. The highest BCUT2D eigenvalue weighted by atomic mass is 35.5. The maximum atomic E-state index is 14.1. The zero-order valence-electron chi connectivity index (χ0n) is 23.7. The third-order valence-electron chi connectivity index (χ3n) is 6.21. The van der Waals surface area contributed by atoms with Crippen LogP contribution >= 0.6 is 23.2 Å². The van der Waals surface area contributed by atoms with Crippen LogP contribution in [0.4, 0.5) is 5.69 Å². The molecule has 8 nitrogen and oxygen atoms in total. The number of rotatable bonds is 11. The zero-order chi connectivity index (χ0) is 30.4. The van der Waals surface area contributed by atoms with Gasteiger partial charge in [0.2, 0.25) is 11.8 Å². The highest BCUT2D eigenvalue weighted by molar-refractivity contribution is 7.92. The van der Waals surface area contributed by atoms with Crippen LogP contribution in [0.2, 0.25) is 10.0 Å². The number of halogens is 2. The van der Waals surface area contributed by atoms with Crippen molar-refractivity contribution < 1.29 is 22.7 Å². The van der Waals surface area contributed by atoms with Crippen molar-refractivity contribution in [3.63, 3.8) is 0 Å². The fraction of sp³-hybridized carbons (Fsp3) is 0.333. The first-order valence-corrected chi connectivity index (χ1v) is 15.2. The molecule has 1 N–H and O–H groups in total. The van der Waals surface area contributed by atoms with Crippen molar-refractivity contribution in [1.29, 1.82) is 0 Å². The standard InChI is InChI=1S/C30H35Cl2N3O5S/c1-6-27(29(37)33-30(2,3)4)34(19-21-12-13-22(31)18-26(21)32)28(36)20-35(23-10-8-7-9-11-23)41(38,39)25-16-14-24(40-5)15-17-25/h7-18,27H,6,19-20H2,1-5H3,(H,33,37). The number of methoxy groups -OCH3 is 1. The molecular weight excluding hydrogens is 585 g/mol. The predicted octanol–water partition coefficient (Wildman–Crippen LogP) is 5.92. The van der Waals surface area contributed by atoms with E-state index in [0.717, 1.165) is 4.31 Å². The van der Waals surface area contributed by atoms with E-state index in [0.29, 0.717) is 27.0 Å². The lowest BCUT2D eigenvalue weighted by atomic mass is 10.1. The molecule has 0 aliphatic carbocycles. The summed E-state index contributed by atoms with van der Waals surface area (Å²) in [7, 11) is -2.70. The molecule has 0 bridgehead atoms. The van der Waals surface area contributed by atoms with E-state index < -0.39 is 34.1 Å². The zero-order valence-corrected chi connectivity index (χ0v) is 26.1. The normalized spacial score (nSPS) is 12.4. The molecule has 0 radical (unpaired) electrons. The van der Waals surface area contributed by atoms with Gasteiger partial charge in [-0.1, -0.05) is 54.4 Å². The van der Waals surface area contributed by atoms with Gasteiger partial charge in [0, 0.05) is 22.1 Å². The van der Waals surface area contributed by atoms with Gasteiger partial charge in [-0.25, -0.2) is 8.42 Å². The second kappa shape index (κ2) is 13.6. The summed E-state index contributed by atoms with van der Waals surface area (Å²) in [5.74, 6) is -0.441. The number of nitrogens with one attached hydrogen (secondary N) is 1. The van der Waals surface area contributed by atoms with Crippen molar-refractivity contribution >= 4 is 50.7 Å². The number of para-hydroxylation sites is 1. The molecule has 0 heterocycles. The molecule has 0 aromatic heterocycles. The van der Waals surface area contributed by atoms with Crippen LogP contribution in [-0.4, -0.2) is 50.4 Å². The van der Waals surface area contributed by atoms with Gasteiger partial charge < -0.3 is 15.0 Å². The van der Waals surface area contributed by atoms with Crippen LogP contribution in [0.5, 0.6) is 5.75 Å². The van der Waals surface area contributed by atoms with Gasteiger partial charge in [-0.15, -0.1) is 0 Å². The Bertz CT molecular complexity index is 1460. The maximum Gasteiger partial charge on any atom is 0.264 e. The molecule has 2 amide bonds. The number of hydrogen-bond donors (Lipinski definition) is 1. The molecule has 0 aliphatic rings. The van der Waals surface area contributed by atoms with Gasteiger partial charge in [0.15, 0.2) is 0 Å². The van der Waals surface area contributed by atoms with Crippen molar-refractivity contribution in [2.45, 2.75) is 57.1 Å². The van der Waals surface area contributed by atoms with Crippen LogP contribution < -0.4 is 14.4 Å². The Kier molecular flexibility index (Phi) is 10.7. The first-order chi connectivity index (χ1) is 19.3. The molecule has 3 aromatic rings. The molecule has 220 valence electrons. The largest absolute Gasteiger partial charge is 0.497 e. The molecule has 0 fully saturated rings. The minimum Gasteiger partial charge on any atom is -0.497 e. The average Bonchev–Trinajstić information content (AvgIpc) is 2.92. The van der Waals surface area contributed by atoms with E-state index in [9.17, 15) is 18.0 Å². The number of hydrogen-bond acceptors (Lipinski definition) is 5. The van der Waals surface area contributed by atoms with Crippen LogP contribution in [0, 0.1) is 0 Å². The van der Waals surface area contributed by atoms with Crippen LogP contribution in [0.25, 0.3) is 0 Å². The lowest BCUT2D eigenvalue weighted by Gasteiger charge is -2.35. The molecule has 1 unspecified atom stereocenters. The monoisotopic (exact) mass is 619 g/mol. The van der Waals surface area contributed by atoms with Crippen molar-refractivity contribution in [3.8, 4) is 5.75 Å². The molecule has 3 rings (SSSR count). The summed E-state index contributed by atoms with van der Waals surface area (Å²) < 4.78 is 34.0. The van der Waals surface area contributed by atoms with Crippen LogP contribution in [0.15, 0.2) is 77.7 Å². The van der Waals surface area contributed by atoms with Crippen LogP contribution in [0.1, 0.15) is 39.7 Å². The van der Waals surface area contributed by atoms with Gasteiger partial charge in [-0.05, 0) is 81.3 Å². The Morgan fingerprint density at radius 2 is 1.61 bits per heavy atom. The van der Waals surface area contributed by atoms with E-state index in [1.165, 1.54) is 36.3 Å². The topological polar surface area (TPSA) is 96.0 Å². The number of benzene rings is 3. The Hall–Kier alpha value is -3.27. The van der Waals surface area contributed by atoms with Gasteiger partial charge in [0.25, 0.3) is 10.0 Å². The average molecular weight is 621 g/mol. The minimum absolute atomic E-state index is 0.0141. The van der Waals surface area contributed by atoms with Crippen molar-refractivity contribution in [3.05, 3.63) is 88.4 Å². The lowest BCUT2D eigenvalue weighted by Crippen LogP contribution is -2.55. The molecule has 11 heteroatoms. The van der Waals surface area contributed by atoms with E-state index in [1.54, 1.807) is 55.5 Å². The van der Waals surface area contributed by atoms with Crippen molar-refractivity contribution in [2.24, 2.45) is 0 Å². The summed E-state index contributed by atoms with van der Waals surface area (Å²) >= 11 is 12.5. The third kappa shape index (κ3) is 8.38. The van der Waals surface area contributed by atoms with E-state index in [4.69, 9.17) is 27.9 Å². The Balaban J connectivity index is 2.07. The summed E-state index contributed by atoms with van der Waals surface area (Å²) in [6, 6.07) is 18.3. The van der Waals surface area contributed by atoms with E-state index in [2.05, 4.69) is 5.32 Å². The Labute approximate surface area is 252 Å². The fourth-order valence-corrected chi connectivity index (χ4v) is 6.09. The number of amides is 2. The smallest absolute Gasteiger partial charge is 0.264 e. The van der Waals surface area contributed by atoms with Gasteiger partial charge >= 0.3 is 0 Å². The van der Waals surface area contributed by atoms with Gasteiger partial charge in [0.1, 0.15) is 18.3 Å². The SMILES string of the molecule is CCC(C(=O)NC(C)(C)C)N(Cc1ccc(Cl)cc1Cl)C(=O)CN(c1ccccc1)S(=O)(=O)c1ccc(OC)cc1. The van der Waals surface area contributed by atoms with Crippen LogP contribution in [0.3, 0.4) is 0 Å². The molecular formula is C30H35Cl2N3O5S. The summed E-state index contributed by atoms with van der Waals surface area (Å²) in [4.78, 5) is 28.9. The fourth-order valence-electron chi connectivity index (χ4n) is 4.20. The molecule has 0 spiro atoms. The van der Waals surface area contributed by atoms with Crippen molar-refractivity contribution in [1.82, 2.24) is 10.2 Å². The molecule has 0 saturated carbocycles. The number of nitrogens with zero attached hydrogens (tertiary/aromatic N) is 2. The first kappa shape index (κ1) is 32.2. The second-order valence-electron chi connectivity index (χ2n) is 10.4. The third-order valence-corrected chi connectivity index (χ3v) is 8.59. The number of sulfonamides is 1. The summed E-state index contributed by atoms with van der Waals surface area (Å²) in [5, 5.41) is 3.69. The number of carbonyl (C=O) groups is 2. The maximum absolute atomic E-state index is 14.1. The summed E-state index contributed by atoms with van der Waals surface area (Å²) in [6.45, 7) is 6.74. The summed E-state index contributed by atoms with van der Waals surface area (Å²) in [5.41, 5.74) is 0.314. The molecule has 41 heavy (non-hydrogen) atoms. The number of ether oxygens (including phenoxy) is 1.